The van der Waals surface area contributed by atoms with Crippen LogP contribution in [0, 0.1) is 0 Å². The van der Waals surface area contributed by atoms with Gasteiger partial charge in [-0.1, -0.05) is 49.6 Å². The summed E-state index contributed by atoms with van der Waals surface area (Å²) < 4.78 is 2.32. The highest BCUT2D eigenvalue weighted by atomic mass is 16.4. The molecular weight excluding hydrogens is 548 g/mol. The minimum absolute atomic E-state index is 0.190. The van der Waals surface area contributed by atoms with Crippen LogP contribution < -0.4 is 0 Å². The van der Waals surface area contributed by atoms with Crippen molar-refractivity contribution in [1.82, 2.24) is 29.5 Å². The zero-order chi connectivity index (χ0) is 29.6. The second-order valence-electron chi connectivity index (χ2n) is 11.4. The molecule has 1 aliphatic rings. The van der Waals surface area contributed by atoms with E-state index in [1.807, 2.05) is 54.9 Å². The van der Waals surface area contributed by atoms with Gasteiger partial charge in [-0.25, -0.2) is 29.7 Å². The van der Waals surface area contributed by atoms with E-state index in [4.69, 9.17) is 9.97 Å². The van der Waals surface area contributed by atoms with Gasteiger partial charge in [-0.05, 0) is 60.9 Å². The van der Waals surface area contributed by atoms with Crippen LogP contribution in [-0.2, 0) is 0 Å². The average molecular weight is 577 g/mol. The molecule has 0 unspecified atom stereocenters. The maximum Gasteiger partial charge on any atom is 0.336 e. The van der Waals surface area contributed by atoms with E-state index in [2.05, 4.69) is 43.8 Å². The van der Waals surface area contributed by atoms with Gasteiger partial charge in [0.15, 0.2) is 11.3 Å². The van der Waals surface area contributed by atoms with Crippen LogP contribution in [0.4, 0.5) is 0 Å². The highest BCUT2D eigenvalue weighted by molar-refractivity contribution is 6.07. The number of carboxylic acid groups (broad SMARTS) is 1. The molecule has 2 aromatic carbocycles. The second-order valence-corrected chi connectivity index (χ2v) is 11.4. The summed E-state index contributed by atoms with van der Waals surface area (Å²) in [5.74, 6) is -0.223. The molecule has 0 aliphatic heterocycles. The first-order valence-corrected chi connectivity index (χ1v) is 14.9. The van der Waals surface area contributed by atoms with Crippen LogP contribution in [0.1, 0.15) is 48.5 Å². The van der Waals surface area contributed by atoms with Crippen molar-refractivity contribution in [2.24, 2.45) is 0 Å². The lowest BCUT2D eigenvalue weighted by Crippen LogP contribution is -2.14. The summed E-state index contributed by atoms with van der Waals surface area (Å²) in [5, 5.41) is 12.1. The molecule has 1 N–H and O–H groups in total. The Bertz CT molecular complexity index is 2200. The third-order valence-corrected chi connectivity index (χ3v) is 8.67. The Kier molecular flexibility index (Phi) is 6.33. The Balaban J connectivity index is 1.37. The Labute approximate surface area is 253 Å². The quantitative estimate of drug-likeness (QED) is 0.220. The Hall–Kier alpha value is -5.50. The van der Waals surface area contributed by atoms with Gasteiger partial charge in [-0.2, -0.15) is 0 Å². The van der Waals surface area contributed by atoms with Crippen LogP contribution in [0.5, 0.6) is 0 Å². The lowest BCUT2D eigenvalue weighted by atomic mass is 9.94. The normalized spacial score (nSPS) is 14.0. The molecular formula is C36H28N6O2. The number of pyridine rings is 4. The number of hydrogen-bond donors (Lipinski definition) is 1. The minimum atomic E-state index is -1.01. The summed E-state index contributed by atoms with van der Waals surface area (Å²) in [6.07, 6.45) is 12.7. The van der Waals surface area contributed by atoms with Crippen LogP contribution in [0.2, 0.25) is 0 Å². The van der Waals surface area contributed by atoms with E-state index >= 15 is 0 Å². The largest absolute Gasteiger partial charge is 0.478 e. The third kappa shape index (κ3) is 4.46. The number of fused-ring (bicyclic) bond motifs is 3. The summed E-state index contributed by atoms with van der Waals surface area (Å²) >= 11 is 0. The molecule has 0 amide bonds. The zero-order valence-corrected chi connectivity index (χ0v) is 23.9. The molecule has 0 saturated heterocycles. The Morgan fingerprint density at radius 3 is 2.20 bits per heavy atom. The van der Waals surface area contributed by atoms with Crippen LogP contribution in [0.25, 0.3) is 66.7 Å². The van der Waals surface area contributed by atoms with Gasteiger partial charge in [0, 0.05) is 63.9 Å². The zero-order valence-electron chi connectivity index (χ0n) is 23.9. The molecule has 7 aromatic rings. The molecule has 8 nitrogen and oxygen atoms in total. The van der Waals surface area contributed by atoms with Gasteiger partial charge in [-0.15, -0.1) is 0 Å². The van der Waals surface area contributed by atoms with E-state index in [0.29, 0.717) is 27.9 Å². The summed E-state index contributed by atoms with van der Waals surface area (Å²) in [5.41, 5.74) is 7.26. The molecule has 1 aliphatic carbocycles. The number of hydrogen-bond acceptors (Lipinski definition) is 6. The van der Waals surface area contributed by atoms with Gasteiger partial charge in [0.2, 0.25) is 0 Å². The summed E-state index contributed by atoms with van der Waals surface area (Å²) in [6, 6.07) is 24.0. The lowest BCUT2D eigenvalue weighted by molar-refractivity contribution is 0.0698. The van der Waals surface area contributed by atoms with Gasteiger partial charge >= 0.3 is 5.97 Å². The van der Waals surface area contributed by atoms with Gasteiger partial charge in [0.05, 0.1) is 16.6 Å². The molecule has 0 atom stereocenters. The van der Waals surface area contributed by atoms with E-state index in [1.165, 1.54) is 6.42 Å². The van der Waals surface area contributed by atoms with Crippen molar-refractivity contribution < 1.29 is 9.90 Å². The van der Waals surface area contributed by atoms with Gasteiger partial charge in [0.1, 0.15) is 5.82 Å². The van der Waals surface area contributed by atoms with Crippen molar-refractivity contribution in [3.63, 3.8) is 0 Å². The van der Waals surface area contributed by atoms with E-state index < -0.39 is 5.97 Å². The van der Waals surface area contributed by atoms with Crippen LogP contribution in [-0.4, -0.2) is 40.6 Å². The highest BCUT2D eigenvalue weighted by Crippen LogP contribution is 2.40. The standard InChI is InChI=1S/C36H28N6O2/c43-36(44)29-13-14-30-32(31(29)26-16-23-10-7-15-37-33(23)39-20-26)41-35(42(30)28-11-5-2-6-12-28)27-18-24-17-25(19-38-34(24)40-21-27)22-8-3-1-4-9-22/h1,3-4,7-10,13-21,28H,2,5-6,11-12H2,(H,43,44). The van der Waals surface area contributed by atoms with Gasteiger partial charge in [-0.3, -0.25) is 0 Å². The summed E-state index contributed by atoms with van der Waals surface area (Å²) in [6.45, 7) is 0. The fraction of sp³-hybridized carbons (Fsp3) is 0.167. The van der Waals surface area contributed by atoms with E-state index in [0.717, 1.165) is 64.5 Å². The molecule has 0 radical (unpaired) electrons. The Morgan fingerprint density at radius 2 is 1.41 bits per heavy atom. The predicted molar refractivity (Wildman–Crippen MR) is 171 cm³/mol. The Morgan fingerprint density at radius 1 is 0.705 bits per heavy atom. The van der Waals surface area contributed by atoms with Crippen LogP contribution >= 0.6 is 0 Å². The van der Waals surface area contributed by atoms with E-state index in [9.17, 15) is 9.90 Å². The van der Waals surface area contributed by atoms with Gasteiger partial charge in [0.25, 0.3) is 0 Å². The second kappa shape index (κ2) is 10.6. The number of rotatable bonds is 5. The number of aromatic carboxylic acids is 1. The first kappa shape index (κ1) is 26.2. The number of carboxylic acids is 1. The van der Waals surface area contributed by atoms with Crippen molar-refractivity contribution in [1.29, 1.82) is 0 Å². The average Bonchev–Trinajstić information content (AvgIpc) is 3.47. The number of imidazole rings is 1. The maximum atomic E-state index is 12.6. The van der Waals surface area contributed by atoms with Crippen molar-refractivity contribution in [2.45, 2.75) is 38.1 Å². The summed E-state index contributed by atoms with van der Waals surface area (Å²) in [7, 11) is 0. The molecule has 214 valence electrons. The van der Waals surface area contributed by atoms with E-state index in [1.54, 1.807) is 18.5 Å². The number of aromatic nitrogens is 6. The van der Waals surface area contributed by atoms with Crippen molar-refractivity contribution in [2.75, 3.05) is 0 Å². The maximum absolute atomic E-state index is 12.6. The van der Waals surface area contributed by atoms with Crippen molar-refractivity contribution in [3.05, 3.63) is 103 Å². The molecule has 5 aromatic heterocycles. The van der Waals surface area contributed by atoms with Crippen LogP contribution in [0.3, 0.4) is 0 Å². The molecule has 8 rings (SSSR count). The first-order chi connectivity index (χ1) is 21.6. The third-order valence-electron chi connectivity index (χ3n) is 8.67. The monoisotopic (exact) mass is 576 g/mol. The van der Waals surface area contributed by atoms with Gasteiger partial charge < -0.3 is 9.67 Å². The first-order valence-electron chi connectivity index (χ1n) is 14.9. The summed E-state index contributed by atoms with van der Waals surface area (Å²) in [4.78, 5) is 36.1. The molecule has 0 spiro atoms. The van der Waals surface area contributed by atoms with Crippen LogP contribution in [0.15, 0.2) is 97.6 Å². The minimum Gasteiger partial charge on any atom is -0.478 e. The molecule has 1 saturated carbocycles. The number of carbonyl (C=O) groups is 1. The fourth-order valence-electron chi connectivity index (χ4n) is 6.58. The van der Waals surface area contributed by atoms with Crippen molar-refractivity contribution >= 4 is 39.1 Å². The topological polar surface area (TPSA) is 107 Å². The highest BCUT2D eigenvalue weighted by Gasteiger charge is 2.27. The number of benzene rings is 2. The molecule has 44 heavy (non-hydrogen) atoms. The predicted octanol–water partition coefficient (Wildman–Crippen LogP) is 8.13. The van der Waals surface area contributed by atoms with E-state index in [-0.39, 0.29) is 11.6 Å². The lowest BCUT2D eigenvalue weighted by Gasteiger charge is -2.25. The molecule has 5 heterocycles. The molecule has 1 fully saturated rings. The molecule has 8 heteroatoms. The SMILES string of the molecule is O=C(O)c1ccc2c(nc(-c3cnc4ncc(-c5ccccc5)cc4c3)n2C2CCCCC2)c1-c1cnc2ncccc2c1. The molecule has 0 bridgehead atoms. The fourth-order valence-corrected chi connectivity index (χ4v) is 6.58. The smallest absolute Gasteiger partial charge is 0.336 e. The number of nitrogens with zero attached hydrogens (tertiary/aromatic N) is 6. The van der Waals surface area contributed by atoms with Crippen molar-refractivity contribution in [3.8, 4) is 33.6 Å².